The van der Waals surface area contributed by atoms with Gasteiger partial charge >= 0.3 is 0 Å². The summed E-state index contributed by atoms with van der Waals surface area (Å²) in [5.74, 6) is 0.0211. The molecule has 0 spiro atoms. The number of amides is 1. The molecule has 0 aliphatic carbocycles. The van der Waals surface area contributed by atoms with Crippen molar-refractivity contribution in [2.24, 2.45) is 5.14 Å². The SMILES string of the molecule is CCOc1ccc(CC(=O)Nc2n[nH]c3ccc(N4CCCS4(=O)=O)cc23)cc1S(N)(=O)=O. The van der Waals surface area contributed by atoms with Crippen LogP contribution in [0.2, 0.25) is 0 Å². The number of fused-ring (bicyclic) bond motifs is 1. The van der Waals surface area contributed by atoms with E-state index in [-0.39, 0.29) is 35.2 Å². The smallest absolute Gasteiger partial charge is 0.241 e. The van der Waals surface area contributed by atoms with Crippen LogP contribution < -0.4 is 19.5 Å². The number of H-pyrrole nitrogens is 1. The zero-order valence-corrected chi connectivity index (χ0v) is 19.4. The van der Waals surface area contributed by atoms with Crippen LogP contribution in [0.3, 0.4) is 0 Å². The van der Waals surface area contributed by atoms with Gasteiger partial charge in [0.05, 0.1) is 30.0 Å². The van der Waals surface area contributed by atoms with Crippen molar-refractivity contribution in [2.45, 2.75) is 24.7 Å². The van der Waals surface area contributed by atoms with Crippen LogP contribution in [0.15, 0.2) is 41.3 Å². The van der Waals surface area contributed by atoms with E-state index in [0.717, 1.165) is 0 Å². The lowest BCUT2D eigenvalue weighted by atomic mass is 10.1. The molecule has 33 heavy (non-hydrogen) atoms. The number of ether oxygens (including phenoxy) is 1. The van der Waals surface area contributed by atoms with Crippen molar-refractivity contribution in [3.05, 3.63) is 42.0 Å². The average Bonchev–Trinajstić information content (AvgIpc) is 3.30. The maximum absolute atomic E-state index is 12.7. The fraction of sp³-hybridized carbons (Fsp3) is 0.300. The van der Waals surface area contributed by atoms with Gasteiger partial charge < -0.3 is 10.1 Å². The quantitative estimate of drug-likeness (QED) is 0.447. The first kappa shape index (κ1) is 23.0. The molecule has 0 radical (unpaired) electrons. The highest BCUT2D eigenvalue weighted by Gasteiger charge is 2.29. The van der Waals surface area contributed by atoms with Gasteiger partial charge in [-0.15, -0.1) is 0 Å². The van der Waals surface area contributed by atoms with Gasteiger partial charge in [0.25, 0.3) is 0 Å². The molecule has 1 aliphatic rings. The van der Waals surface area contributed by atoms with E-state index in [1.165, 1.54) is 16.4 Å². The summed E-state index contributed by atoms with van der Waals surface area (Å²) in [6.07, 6.45) is 0.418. The van der Waals surface area contributed by atoms with E-state index in [1.807, 2.05) is 0 Å². The number of hydrogen-bond acceptors (Lipinski definition) is 7. The number of rotatable bonds is 7. The van der Waals surface area contributed by atoms with Crippen molar-refractivity contribution < 1.29 is 26.4 Å². The molecule has 176 valence electrons. The third kappa shape index (κ3) is 4.79. The molecule has 1 aromatic heterocycles. The lowest BCUT2D eigenvalue weighted by Gasteiger charge is -2.16. The van der Waals surface area contributed by atoms with Gasteiger partial charge in [0.2, 0.25) is 26.0 Å². The van der Waals surface area contributed by atoms with Crippen LogP contribution in [-0.4, -0.2) is 51.8 Å². The fourth-order valence-corrected chi connectivity index (χ4v) is 5.98. The zero-order chi connectivity index (χ0) is 23.8. The van der Waals surface area contributed by atoms with E-state index in [2.05, 4.69) is 15.5 Å². The third-order valence-electron chi connectivity index (χ3n) is 5.17. The predicted molar refractivity (Wildman–Crippen MR) is 123 cm³/mol. The molecule has 0 atom stereocenters. The van der Waals surface area contributed by atoms with E-state index in [0.29, 0.717) is 35.1 Å². The first-order valence-electron chi connectivity index (χ1n) is 10.2. The fourth-order valence-electron chi connectivity index (χ4n) is 3.70. The molecule has 2 aromatic carbocycles. The molecule has 13 heteroatoms. The van der Waals surface area contributed by atoms with Crippen molar-refractivity contribution in [1.82, 2.24) is 10.2 Å². The number of carbonyl (C=O) groups is 1. The molecule has 0 bridgehead atoms. The summed E-state index contributed by atoms with van der Waals surface area (Å²) >= 11 is 0. The number of carbonyl (C=O) groups excluding carboxylic acids is 1. The molecule has 1 aliphatic heterocycles. The molecular weight excluding hydrogens is 470 g/mol. The lowest BCUT2D eigenvalue weighted by molar-refractivity contribution is -0.115. The number of anilines is 2. The second kappa shape index (κ2) is 8.65. The van der Waals surface area contributed by atoms with E-state index in [4.69, 9.17) is 9.88 Å². The molecule has 4 rings (SSSR count). The van der Waals surface area contributed by atoms with Gasteiger partial charge in [0, 0.05) is 11.9 Å². The van der Waals surface area contributed by atoms with E-state index >= 15 is 0 Å². The minimum Gasteiger partial charge on any atom is -0.492 e. The van der Waals surface area contributed by atoms with Gasteiger partial charge in [-0.2, -0.15) is 5.10 Å². The second-order valence-corrected chi connectivity index (χ2v) is 11.1. The van der Waals surface area contributed by atoms with Gasteiger partial charge in [0.1, 0.15) is 10.6 Å². The van der Waals surface area contributed by atoms with Gasteiger partial charge in [0.15, 0.2) is 5.82 Å². The summed E-state index contributed by atoms with van der Waals surface area (Å²) in [6, 6.07) is 9.39. The van der Waals surface area contributed by atoms with Crippen LogP contribution in [0.25, 0.3) is 10.9 Å². The third-order valence-corrected chi connectivity index (χ3v) is 7.97. The molecule has 1 amide bonds. The van der Waals surface area contributed by atoms with Crippen LogP contribution in [0.5, 0.6) is 5.75 Å². The van der Waals surface area contributed by atoms with Crippen LogP contribution in [-0.2, 0) is 31.3 Å². The number of nitrogens with one attached hydrogen (secondary N) is 2. The molecule has 1 saturated heterocycles. The van der Waals surface area contributed by atoms with Crippen LogP contribution >= 0.6 is 0 Å². The largest absolute Gasteiger partial charge is 0.492 e. The summed E-state index contributed by atoms with van der Waals surface area (Å²) in [6.45, 7) is 2.37. The van der Waals surface area contributed by atoms with Crippen LogP contribution in [0.1, 0.15) is 18.9 Å². The van der Waals surface area contributed by atoms with E-state index < -0.39 is 26.0 Å². The predicted octanol–water partition coefficient (Wildman–Crippen LogP) is 1.33. The average molecular weight is 494 g/mol. The highest BCUT2D eigenvalue weighted by molar-refractivity contribution is 7.93. The van der Waals surface area contributed by atoms with Crippen LogP contribution in [0.4, 0.5) is 11.5 Å². The highest BCUT2D eigenvalue weighted by Crippen LogP contribution is 2.30. The molecule has 3 aromatic rings. The first-order valence-corrected chi connectivity index (χ1v) is 13.3. The van der Waals surface area contributed by atoms with Crippen LogP contribution in [0, 0.1) is 0 Å². The van der Waals surface area contributed by atoms with Crippen molar-refractivity contribution in [3.8, 4) is 5.75 Å². The topological polar surface area (TPSA) is 165 Å². The standard InChI is InChI=1S/C20H23N5O6S2/c1-2-31-17-7-4-13(10-18(17)33(21,29)30)11-19(26)22-20-15-12-14(5-6-16(15)23-24-20)25-8-3-9-32(25,27)28/h4-7,10,12H,2-3,8-9,11H2,1H3,(H2,21,29,30)(H2,22,23,24,26). The Bertz CT molecular complexity index is 1430. The summed E-state index contributed by atoms with van der Waals surface area (Å²) in [7, 11) is -7.39. The number of primary sulfonamides is 1. The number of aromatic amines is 1. The molecule has 0 saturated carbocycles. The Labute approximate surface area is 191 Å². The Morgan fingerprint density at radius 2 is 2.06 bits per heavy atom. The van der Waals surface area contributed by atoms with Gasteiger partial charge in [-0.05, 0) is 49.2 Å². The molecule has 0 unspecified atom stereocenters. The first-order chi connectivity index (χ1) is 15.6. The maximum atomic E-state index is 12.7. The molecule has 11 nitrogen and oxygen atoms in total. The minimum absolute atomic E-state index is 0.0998. The van der Waals surface area contributed by atoms with Crippen molar-refractivity contribution >= 4 is 48.4 Å². The highest BCUT2D eigenvalue weighted by atomic mass is 32.2. The Hall–Kier alpha value is -3.16. The van der Waals surface area contributed by atoms with Gasteiger partial charge in [-0.1, -0.05) is 6.07 Å². The number of benzene rings is 2. The Morgan fingerprint density at radius 3 is 2.73 bits per heavy atom. The summed E-state index contributed by atoms with van der Waals surface area (Å²) < 4.78 is 54.9. The number of hydrogen-bond donors (Lipinski definition) is 3. The van der Waals surface area contributed by atoms with Gasteiger partial charge in [-0.25, -0.2) is 22.0 Å². The van der Waals surface area contributed by atoms with Gasteiger partial charge in [-0.3, -0.25) is 14.2 Å². The summed E-state index contributed by atoms with van der Waals surface area (Å²) in [5.41, 5.74) is 1.55. The number of aromatic nitrogens is 2. The molecular formula is C20H23N5O6S2. The Morgan fingerprint density at radius 1 is 1.27 bits per heavy atom. The summed E-state index contributed by atoms with van der Waals surface area (Å²) in [4.78, 5) is 12.5. The lowest BCUT2D eigenvalue weighted by Crippen LogP contribution is -2.24. The summed E-state index contributed by atoms with van der Waals surface area (Å²) in [5, 5.41) is 15.4. The number of sulfonamides is 2. The number of nitrogens with two attached hydrogens (primary N) is 1. The Kier molecular flexibility index (Phi) is 6.03. The monoisotopic (exact) mass is 493 g/mol. The molecule has 2 heterocycles. The maximum Gasteiger partial charge on any atom is 0.241 e. The molecule has 4 N–H and O–H groups in total. The van der Waals surface area contributed by atoms with E-state index in [9.17, 15) is 21.6 Å². The second-order valence-electron chi connectivity index (χ2n) is 7.53. The van der Waals surface area contributed by atoms with Crippen molar-refractivity contribution in [3.63, 3.8) is 0 Å². The van der Waals surface area contributed by atoms with E-state index in [1.54, 1.807) is 31.2 Å². The van der Waals surface area contributed by atoms with Crippen molar-refractivity contribution in [1.29, 1.82) is 0 Å². The minimum atomic E-state index is -4.04. The van der Waals surface area contributed by atoms with Crippen molar-refractivity contribution in [2.75, 3.05) is 28.5 Å². The zero-order valence-electron chi connectivity index (χ0n) is 17.7. The normalized spacial score (nSPS) is 15.6. The number of nitrogens with zero attached hydrogens (tertiary/aromatic N) is 2. The molecule has 1 fully saturated rings. The Balaban J connectivity index is 1.57.